The molecule has 0 bridgehead atoms. The third-order valence-electron chi connectivity index (χ3n) is 2.78. The highest BCUT2D eigenvalue weighted by molar-refractivity contribution is 5.49. The van der Waals surface area contributed by atoms with Crippen LogP contribution in [0.15, 0.2) is 24.4 Å². The number of ether oxygens (including phenoxy) is 1. The molecule has 4 heteroatoms. The Labute approximate surface area is 87.1 Å². The third kappa shape index (κ3) is 1.29. The molecule has 15 heavy (non-hydrogen) atoms. The van der Waals surface area contributed by atoms with E-state index in [0.29, 0.717) is 0 Å². The molecule has 4 nitrogen and oxygen atoms in total. The zero-order valence-corrected chi connectivity index (χ0v) is 8.26. The summed E-state index contributed by atoms with van der Waals surface area (Å²) in [5.74, 6) is 1.02. The lowest BCUT2D eigenvalue weighted by Crippen LogP contribution is -2.02. The maximum atomic E-state index is 9.77. The molecule has 0 spiro atoms. The number of aromatic hydroxyl groups is 1. The fourth-order valence-electron chi connectivity index (χ4n) is 2.06. The first-order valence-electron chi connectivity index (χ1n) is 5.13. The van der Waals surface area contributed by atoms with Crippen LogP contribution in [-0.2, 0) is 4.74 Å². The van der Waals surface area contributed by atoms with Gasteiger partial charge in [0, 0.05) is 6.61 Å². The molecule has 2 aromatic heterocycles. The van der Waals surface area contributed by atoms with Crippen molar-refractivity contribution in [3.63, 3.8) is 0 Å². The third-order valence-corrected chi connectivity index (χ3v) is 2.78. The van der Waals surface area contributed by atoms with E-state index in [9.17, 15) is 5.11 Å². The first-order valence-corrected chi connectivity index (χ1v) is 5.13. The lowest BCUT2D eigenvalue weighted by Gasteiger charge is -2.09. The van der Waals surface area contributed by atoms with Crippen molar-refractivity contribution < 1.29 is 9.84 Å². The number of rotatable bonds is 1. The van der Waals surface area contributed by atoms with Crippen molar-refractivity contribution in [1.29, 1.82) is 0 Å². The predicted molar refractivity (Wildman–Crippen MR) is 54.8 cm³/mol. The molecule has 3 heterocycles. The lowest BCUT2D eigenvalue weighted by molar-refractivity contribution is 0.104. The second-order valence-corrected chi connectivity index (χ2v) is 3.76. The molecule has 0 saturated carbocycles. The number of nitrogens with zero attached hydrogens (tertiary/aromatic N) is 2. The average molecular weight is 204 g/mol. The topological polar surface area (TPSA) is 46.8 Å². The Morgan fingerprint density at radius 2 is 2.40 bits per heavy atom. The van der Waals surface area contributed by atoms with Crippen molar-refractivity contribution in [2.45, 2.75) is 18.9 Å². The van der Waals surface area contributed by atoms with E-state index in [0.717, 1.165) is 30.8 Å². The van der Waals surface area contributed by atoms with Gasteiger partial charge in [-0.2, -0.15) is 0 Å². The number of fused-ring (bicyclic) bond motifs is 1. The first-order chi connectivity index (χ1) is 7.36. The van der Waals surface area contributed by atoms with E-state index in [-0.39, 0.29) is 12.0 Å². The molecular formula is C11H12N2O2. The lowest BCUT2D eigenvalue weighted by atomic mass is 10.2. The van der Waals surface area contributed by atoms with Gasteiger partial charge in [-0.05, 0) is 25.0 Å². The number of aromatic nitrogens is 2. The van der Waals surface area contributed by atoms with Crippen LogP contribution in [0, 0.1) is 0 Å². The maximum absolute atomic E-state index is 9.77. The van der Waals surface area contributed by atoms with Gasteiger partial charge in [0.05, 0.1) is 11.7 Å². The van der Waals surface area contributed by atoms with Crippen LogP contribution < -0.4 is 0 Å². The number of hydrogen-bond acceptors (Lipinski definition) is 3. The number of imidazole rings is 1. The minimum Gasteiger partial charge on any atom is -0.494 e. The van der Waals surface area contributed by atoms with Crippen molar-refractivity contribution in [2.75, 3.05) is 6.61 Å². The molecule has 0 radical (unpaired) electrons. The monoisotopic (exact) mass is 204 g/mol. The number of pyridine rings is 1. The van der Waals surface area contributed by atoms with E-state index >= 15 is 0 Å². The van der Waals surface area contributed by atoms with Crippen LogP contribution >= 0.6 is 0 Å². The van der Waals surface area contributed by atoms with Crippen LogP contribution in [-0.4, -0.2) is 21.1 Å². The van der Waals surface area contributed by atoms with Crippen LogP contribution in [0.5, 0.6) is 5.88 Å². The van der Waals surface area contributed by atoms with E-state index in [2.05, 4.69) is 4.98 Å². The molecule has 0 aliphatic carbocycles. The van der Waals surface area contributed by atoms with Gasteiger partial charge in [-0.25, -0.2) is 4.98 Å². The second-order valence-electron chi connectivity index (χ2n) is 3.76. The van der Waals surface area contributed by atoms with Crippen molar-refractivity contribution in [1.82, 2.24) is 9.38 Å². The largest absolute Gasteiger partial charge is 0.494 e. The Morgan fingerprint density at radius 3 is 3.20 bits per heavy atom. The normalized spacial score (nSPS) is 21.2. The fraction of sp³-hybridized carbons (Fsp3) is 0.364. The molecule has 0 amide bonds. The molecule has 0 aromatic carbocycles. The summed E-state index contributed by atoms with van der Waals surface area (Å²) < 4.78 is 7.31. The molecule has 1 saturated heterocycles. The minimum absolute atomic E-state index is 0.0285. The van der Waals surface area contributed by atoms with E-state index in [1.54, 1.807) is 16.7 Å². The quantitative estimate of drug-likeness (QED) is 0.771. The average Bonchev–Trinajstić information content (AvgIpc) is 2.85. The second kappa shape index (κ2) is 3.24. The van der Waals surface area contributed by atoms with E-state index in [1.165, 1.54) is 0 Å². The Bertz CT molecular complexity index is 486. The summed E-state index contributed by atoms with van der Waals surface area (Å²) >= 11 is 0. The predicted octanol–water partition coefficient (Wildman–Crippen LogP) is 1.89. The molecule has 1 aliphatic heterocycles. The van der Waals surface area contributed by atoms with Gasteiger partial charge in [-0.1, -0.05) is 6.07 Å². The molecule has 1 aliphatic rings. The van der Waals surface area contributed by atoms with Gasteiger partial charge in [0.25, 0.3) is 0 Å². The Morgan fingerprint density at radius 1 is 1.47 bits per heavy atom. The zero-order chi connectivity index (χ0) is 10.3. The summed E-state index contributed by atoms with van der Waals surface area (Å²) in [4.78, 5) is 4.32. The summed E-state index contributed by atoms with van der Waals surface area (Å²) in [5, 5.41) is 9.77. The highest BCUT2D eigenvalue weighted by Crippen LogP contribution is 2.29. The summed E-state index contributed by atoms with van der Waals surface area (Å²) in [6.45, 7) is 0.785. The summed E-state index contributed by atoms with van der Waals surface area (Å²) in [5.41, 5.74) is 0.903. The molecule has 1 N–H and O–H groups in total. The van der Waals surface area contributed by atoms with Gasteiger partial charge in [0.1, 0.15) is 11.9 Å². The van der Waals surface area contributed by atoms with Gasteiger partial charge < -0.3 is 9.84 Å². The molecule has 1 unspecified atom stereocenters. The van der Waals surface area contributed by atoms with Crippen LogP contribution in [0.3, 0.4) is 0 Å². The molecular weight excluding hydrogens is 192 g/mol. The van der Waals surface area contributed by atoms with Gasteiger partial charge in [-0.15, -0.1) is 0 Å². The van der Waals surface area contributed by atoms with Crippen molar-refractivity contribution in [2.24, 2.45) is 0 Å². The summed E-state index contributed by atoms with van der Waals surface area (Å²) in [6.07, 6.45) is 3.83. The van der Waals surface area contributed by atoms with Gasteiger partial charge in [-0.3, -0.25) is 4.40 Å². The van der Waals surface area contributed by atoms with Crippen molar-refractivity contribution >= 4 is 5.52 Å². The Balaban J connectivity index is 2.18. The van der Waals surface area contributed by atoms with Crippen LogP contribution in [0.4, 0.5) is 0 Å². The van der Waals surface area contributed by atoms with E-state index < -0.39 is 0 Å². The van der Waals surface area contributed by atoms with E-state index in [4.69, 9.17) is 4.74 Å². The van der Waals surface area contributed by atoms with Gasteiger partial charge in [0.2, 0.25) is 0 Å². The van der Waals surface area contributed by atoms with E-state index in [1.807, 2.05) is 12.1 Å². The van der Waals surface area contributed by atoms with Crippen LogP contribution in [0.2, 0.25) is 0 Å². The maximum Gasteiger partial charge on any atom is 0.197 e. The standard InChI is InChI=1S/C11H12N2O2/c14-10-5-1-3-8-7-12-11(13(8)10)9-4-2-6-15-9/h1,3,5,7,9,14H,2,4,6H2. The molecule has 1 atom stereocenters. The zero-order valence-electron chi connectivity index (χ0n) is 8.26. The summed E-state index contributed by atoms with van der Waals surface area (Å²) in [6, 6.07) is 5.39. The molecule has 2 aromatic rings. The van der Waals surface area contributed by atoms with Crippen LogP contribution in [0.1, 0.15) is 24.8 Å². The first kappa shape index (κ1) is 8.73. The molecule has 78 valence electrons. The highest BCUT2D eigenvalue weighted by atomic mass is 16.5. The number of hydrogen-bond donors (Lipinski definition) is 1. The molecule has 1 fully saturated rings. The van der Waals surface area contributed by atoms with Crippen molar-refractivity contribution in [3.05, 3.63) is 30.2 Å². The van der Waals surface area contributed by atoms with Gasteiger partial charge >= 0.3 is 0 Å². The van der Waals surface area contributed by atoms with Gasteiger partial charge in [0.15, 0.2) is 5.88 Å². The fourth-order valence-corrected chi connectivity index (χ4v) is 2.06. The smallest absolute Gasteiger partial charge is 0.197 e. The highest BCUT2D eigenvalue weighted by Gasteiger charge is 2.22. The Kier molecular flexibility index (Phi) is 1.89. The molecule has 3 rings (SSSR count). The van der Waals surface area contributed by atoms with Crippen LogP contribution in [0.25, 0.3) is 5.52 Å². The van der Waals surface area contributed by atoms with Crippen molar-refractivity contribution in [3.8, 4) is 5.88 Å². The minimum atomic E-state index is 0.0285. The summed E-state index contributed by atoms with van der Waals surface area (Å²) in [7, 11) is 0. The SMILES string of the molecule is Oc1cccc2cnc(C3CCCO3)n12. The Hall–Kier alpha value is -1.55.